The lowest BCUT2D eigenvalue weighted by molar-refractivity contribution is -0.115. The minimum atomic E-state index is 0.0560. The number of piperazine rings is 1. The van der Waals surface area contributed by atoms with Crippen molar-refractivity contribution in [3.8, 4) is 0 Å². The monoisotopic (exact) mass is 321 g/mol. The zero-order chi connectivity index (χ0) is 16.5. The fraction of sp³-hybridized carbons (Fsp3) is 0.263. The highest BCUT2D eigenvalue weighted by atomic mass is 16.2. The molecule has 1 N–H and O–H groups in total. The average molecular weight is 321 g/mol. The molecule has 5 nitrogen and oxygen atoms in total. The second-order valence-electron chi connectivity index (χ2n) is 6.21. The number of nitrogens with zero attached hydrogens (tertiary/aromatic N) is 2. The summed E-state index contributed by atoms with van der Waals surface area (Å²) in [4.78, 5) is 28.1. The van der Waals surface area contributed by atoms with Crippen LogP contribution in [0.1, 0.15) is 15.9 Å². The molecule has 0 saturated carbocycles. The highest BCUT2D eigenvalue weighted by Gasteiger charge is 2.24. The van der Waals surface area contributed by atoms with E-state index in [1.165, 1.54) is 0 Å². The van der Waals surface area contributed by atoms with Crippen LogP contribution in [0.5, 0.6) is 0 Å². The number of amides is 2. The van der Waals surface area contributed by atoms with Gasteiger partial charge in [-0.3, -0.25) is 9.59 Å². The van der Waals surface area contributed by atoms with Crippen LogP contribution in [0.4, 0.5) is 11.4 Å². The predicted octanol–water partition coefficient (Wildman–Crippen LogP) is 2.14. The molecule has 1 saturated heterocycles. The molecule has 2 aromatic rings. The van der Waals surface area contributed by atoms with E-state index in [2.05, 4.69) is 16.3 Å². The SMILES string of the molecule is O=C1Cc2cc(N3CCN(C(=O)c4ccccc4)CC3)ccc2N1. The Kier molecular flexibility index (Phi) is 3.69. The van der Waals surface area contributed by atoms with Gasteiger partial charge in [-0.2, -0.15) is 0 Å². The zero-order valence-corrected chi connectivity index (χ0v) is 13.4. The molecule has 0 aliphatic carbocycles. The summed E-state index contributed by atoms with van der Waals surface area (Å²) >= 11 is 0. The number of rotatable bonds is 2. The quantitative estimate of drug-likeness (QED) is 0.922. The van der Waals surface area contributed by atoms with E-state index < -0.39 is 0 Å². The van der Waals surface area contributed by atoms with Crippen molar-refractivity contribution in [3.05, 3.63) is 59.7 Å². The predicted molar refractivity (Wildman–Crippen MR) is 93.3 cm³/mol. The molecule has 2 aliphatic heterocycles. The van der Waals surface area contributed by atoms with Crippen LogP contribution in [0.3, 0.4) is 0 Å². The van der Waals surface area contributed by atoms with Gasteiger partial charge in [-0.05, 0) is 35.9 Å². The fourth-order valence-corrected chi connectivity index (χ4v) is 3.34. The van der Waals surface area contributed by atoms with Gasteiger partial charge in [0.2, 0.25) is 5.91 Å². The third-order valence-electron chi connectivity index (χ3n) is 4.67. The standard InChI is InChI=1S/C19H19N3O2/c23-18-13-15-12-16(6-7-17(15)20-18)21-8-10-22(11-9-21)19(24)14-4-2-1-3-5-14/h1-7,12H,8-11,13H2,(H,20,23). The molecule has 2 aromatic carbocycles. The molecule has 5 heteroatoms. The van der Waals surface area contributed by atoms with Crippen LogP contribution in [-0.2, 0) is 11.2 Å². The minimum Gasteiger partial charge on any atom is -0.368 e. The lowest BCUT2D eigenvalue weighted by Crippen LogP contribution is -2.48. The Morgan fingerprint density at radius 1 is 0.958 bits per heavy atom. The zero-order valence-electron chi connectivity index (χ0n) is 13.4. The molecule has 2 heterocycles. The summed E-state index contributed by atoms with van der Waals surface area (Å²) in [6, 6.07) is 15.5. The van der Waals surface area contributed by atoms with Gasteiger partial charge in [-0.25, -0.2) is 0 Å². The van der Waals surface area contributed by atoms with Gasteiger partial charge >= 0.3 is 0 Å². The molecule has 2 amide bonds. The first-order valence-electron chi connectivity index (χ1n) is 8.23. The summed E-state index contributed by atoms with van der Waals surface area (Å²) in [5, 5.41) is 2.86. The molecule has 0 spiro atoms. The van der Waals surface area contributed by atoms with E-state index in [0.717, 1.165) is 35.6 Å². The highest BCUT2D eigenvalue weighted by molar-refractivity contribution is 5.99. The first-order chi connectivity index (χ1) is 11.7. The maximum absolute atomic E-state index is 12.5. The Morgan fingerprint density at radius 2 is 1.71 bits per heavy atom. The Labute approximate surface area is 140 Å². The second kappa shape index (κ2) is 6.00. The third-order valence-corrected chi connectivity index (χ3v) is 4.67. The molecule has 24 heavy (non-hydrogen) atoms. The Hall–Kier alpha value is -2.82. The van der Waals surface area contributed by atoms with Crippen LogP contribution in [0.15, 0.2) is 48.5 Å². The van der Waals surface area contributed by atoms with Gasteiger partial charge in [-0.15, -0.1) is 0 Å². The number of anilines is 2. The van der Waals surface area contributed by atoms with Crippen molar-refractivity contribution in [2.45, 2.75) is 6.42 Å². The largest absolute Gasteiger partial charge is 0.368 e. The molecule has 0 radical (unpaired) electrons. The fourth-order valence-electron chi connectivity index (χ4n) is 3.34. The van der Waals surface area contributed by atoms with E-state index in [-0.39, 0.29) is 11.8 Å². The Balaban J connectivity index is 1.42. The number of hydrogen-bond acceptors (Lipinski definition) is 3. The maximum atomic E-state index is 12.5. The summed E-state index contributed by atoms with van der Waals surface area (Å²) in [6.45, 7) is 3.03. The van der Waals surface area contributed by atoms with Crippen molar-refractivity contribution < 1.29 is 9.59 Å². The van der Waals surface area contributed by atoms with E-state index in [1.807, 2.05) is 47.4 Å². The van der Waals surface area contributed by atoms with E-state index in [9.17, 15) is 9.59 Å². The number of carbonyl (C=O) groups excluding carboxylic acids is 2. The Morgan fingerprint density at radius 3 is 2.46 bits per heavy atom. The summed E-state index contributed by atoms with van der Waals surface area (Å²) in [5.74, 6) is 0.152. The number of carbonyl (C=O) groups is 2. The lowest BCUT2D eigenvalue weighted by atomic mass is 10.1. The van der Waals surface area contributed by atoms with Crippen LogP contribution in [0.2, 0.25) is 0 Å². The molecular weight excluding hydrogens is 302 g/mol. The molecule has 4 rings (SSSR count). The third kappa shape index (κ3) is 2.73. The molecule has 0 bridgehead atoms. The van der Waals surface area contributed by atoms with Crippen molar-refractivity contribution in [3.63, 3.8) is 0 Å². The van der Waals surface area contributed by atoms with Crippen molar-refractivity contribution in [2.75, 3.05) is 36.4 Å². The van der Waals surface area contributed by atoms with Crippen LogP contribution < -0.4 is 10.2 Å². The van der Waals surface area contributed by atoms with Gasteiger partial charge in [0.1, 0.15) is 0 Å². The highest BCUT2D eigenvalue weighted by Crippen LogP contribution is 2.28. The van der Waals surface area contributed by atoms with E-state index in [0.29, 0.717) is 19.5 Å². The van der Waals surface area contributed by atoms with Gasteiger partial charge in [0.25, 0.3) is 5.91 Å². The van der Waals surface area contributed by atoms with Gasteiger partial charge in [0, 0.05) is 43.1 Å². The van der Waals surface area contributed by atoms with E-state index in [1.54, 1.807) is 0 Å². The van der Waals surface area contributed by atoms with Crippen LogP contribution in [-0.4, -0.2) is 42.9 Å². The number of benzene rings is 2. The molecule has 2 aliphatic rings. The first-order valence-corrected chi connectivity index (χ1v) is 8.23. The minimum absolute atomic E-state index is 0.0560. The normalized spacial score (nSPS) is 16.8. The molecular formula is C19H19N3O2. The summed E-state index contributed by atoms with van der Waals surface area (Å²) in [7, 11) is 0. The molecule has 122 valence electrons. The van der Waals surface area contributed by atoms with Gasteiger partial charge in [-0.1, -0.05) is 18.2 Å². The van der Waals surface area contributed by atoms with E-state index >= 15 is 0 Å². The van der Waals surface area contributed by atoms with Crippen LogP contribution >= 0.6 is 0 Å². The summed E-state index contributed by atoms with van der Waals surface area (Å²) in [5.41, 5.74) is 3.84. The molecule has 0 unspecified atom stereocenters. The van der Waals surface area contributed by atoms with Gasteiger partial charge < -0.3 is 15.1 Å². The second-order valence-corrected chi connectivity index (χ2v) is 6.21. The number of fused-ring (bicyclic) bond motifs is 1. The molecule has 1 fully saturated rings. The van der Waals surface area contributed by atoms with Crippen molar-refractivity contribution in [1.29, 1.82) is 0 Å². The smallest absolute Gasteiger partial charge is 0.253 e. The first kappa shape index (κ1) is 14.8. The Bertz CT molecular complexity index is 780. The number of hydrogen-bond donors (Lipinski definition) is 1. The van der Waals surface area contributed by atoms with Crippen molar-refractivity contribution in [1.82, 2.24) is 4.90 Å². The summed E-state index contributed by atoms with van der Waals surface area (Å²) < 4.78 is 0. The maximum Gasteiger partial charge on any atom is 0.253 e. The topological polar surface area (TPSA) is 52.7 Å². The number of nitrogens with one attached hydrogen (secondary N) is 1. The summed E-state index contributed by atoms with van der Waals surface area (Å²) in [6.07, 6.45) is 0.454. The van der Waals surface area contributed by atoms with Gasteiger partial charge in [0.05, 0.1) is 6.42 Å². The molecule has 0 aromatic heterocycles. The van der Waals surface area contributed by atoms with Gasteiger partial charge in [0.15, 0.2) is 0 Å². The molecule has 0 atom stereocenters. The van der Waals surface area contributed by atoms with E-state index in [4.69, 9.17) is 0 Å². The van der Waals surface area contributed by atoms with Crippen LogP contribution in [0, 0.1) is 0 Å². The van der Waals surface area contributed by atoms with Crippen molar-refractivity contribution in [2.24, 2.45) is 0 Å². The van der Waals surface area contributed by atoms with Crippen molar-refractivity contribution >= 4 is 23.2 Å². The van der Waals surface area contributed by atoms with Crippen LogP contribution in [0.25, 0.3) is 0 Å². The average Bonchev–Trinajstić information content (AvgIpc) is 3.01. The lowest BCUT2D eigenvalue weighted by Gasteiger charge is -2.36.